The van der Waals surface area contributed by atoms with Crippen molar-refractivity contribution in [2.75, 3.05) is 14.2 Å². The lowest BCUT2D eigenvalue weighted by Crippen LogP contribution is -2.03. The van der Waals surface area contributed by atoms with E-state index in [-0.39, 0.29) is 5.82 Å². The van der Waals surface area contributed by atoms with Gasteiger partial charge in [0.2, 0.25) is 0 Å². The zero-order valence-corrected chi connectivity index (χ0v) is 11.7. The Morgan fingerprint density at radius 2 is 1.60 bits per heavy atom. The molecule has 1 atom stereocenters. The lowest BCUT2D eigenvalue weighted by molar-refractivity contribution is 0.218. The van der Waals surface area contributed by atoms with Gasteiger partial charge in [0.1, 0.15) is 23.4 Å². The van der Waals surface area contributed by atoms with Crippen molar-refractivity contribution in [2.24, 2.45) is 0 Å². The number of methoxy groups -OCH3 is 2. The molecule has 0 fully saturated rings. The van der Waals surface area contributed by atoms with Crippen molar-refractivity contribution in [1.29, 1.82) is 0 Å². The van der Waals surface area contributed by atoms with E-state index in [1.807, 2.05) is 6.92 Å². The number of hydrogen-bond donors (Lipinski definition) is 1. The molecule has 2 aromatic carbocycles. The maximum absolute atomic E-state index is 13.4. The Kier molecular flexibility index (Phi) is 4.25. The van der Waals surface area contributed by atoms with E-state index in [1.165, 1.54) is 12.1 Å². The van der Waals surface area contributed by atoms with Gasteiger partial charge in [0.15, 0.2) is 0 Å². The Hall–Kier alpha value is -2.07. The molecule has 0 aromatic heterocycles. The first-order valence-corrected chi connectivity index (χ1v) is 6.22. The van der Waals surface area contributed by atoms with Gasteiger partial charge < -0.3 is 14.6 Å². The first-order valence-electron chi connectivity index (χ1n) is 6.22. The molecular formula is C16H17FO3. The monoisotopic (exact) mass is 276 g/mol. The second-order valence-electron chi connectivity index (χ2n) is 4.55. The quantitative estimate of drug-likeness (QED) is 0.931. The molecule has 0 bridgehead atoms. The predicted octanol–water partition coefficient (Wildman–Crippen LogP) is 3.23. The molecule has 0 spiro atoms. The van der Waals surface area contributed by atoms with Crippen LogP contribution in [0.3, 0.4) is 0 Å². The van der Waals surface area contributed by atoms with E-state index < -0.39 is 6.10 Å². The van der Waals surface area contributed by atoms with Crippen molar-refractivity contribution in [3.05, 3.63) is 58.9 Å². The first-order chi connectivity index (χ1) is 9.55. The molecular weight excluding hydrogens is 259 g/mol. The van der Waals surface area contributed by atoms with Crippen molar-refractivity contribution in [3.8, 4) is 11.5 Å². The van der Waals surface area contributed by atoms with Gasteiger partial charge in [-0.2, -0.15) is 0 Å². The van der Waals surface area contributed by atoms with Gasteiger partial charge in [0.05, 0.1) is 14.2 Å². The van der Waals surface area contributed by atoms with Crippen molar-refractivity contribution in [3.63, 3.8) is 0 Å². The number of ether oxygens (including phenoxy) is 2. The fourth-order valence-electron chi connectivity index (χ4n) is 2.07. The zero-order chi connectivity index (χ0) is 14.7. The summed E-state index contributed by atoms with van der Waals surface area (Å²) >= 11 is 0. The average Bonchev–Trinajstić information content (AvgIpc) is 2.48. The van der Waals surface area contributed by atoms with E-state index in [0.29, 0.717) is 22.6 Å². The molecule has 0 heterocycles. The topological polar surface area (TPSA) is 38.7 Å². The second kappa shape index (κ2) is 5.92. The second-order valence-corrected chi connectivity index (χ2v) is 4.55. The Labute approximate surface area is 117 Å². The fraction of sp³-hybridized carbons (Fsp3) is 0.250. The van der Waals surface area contributed by atoms with Crippen molar-refractivity contribution >= 4 is 0 Å². The Morgan fingerprint density at radius 3 is 2.15 bits per heavy atom. The van der Waals surface area contributed by atoms with Crippen LogP contribution in [0.1, 0.15) is 22.8 Å². The third kappa shape index (κ3) is 2.91. The van der Waals surface area contributed by atoms with Crippen LogP contribution < -0.4 is 9.47 Å². The van der Waals surface area contributed by atoms with Crippen LogP contribution in [0.5, 0.6) is 11.5 Å². The maximum atomic E-state index is 13.4. The normalized spacial score (nSPS) is 12.1. The standard InChI is InChI=1S/C16H17FO3/c1-10-4-5-12(17)8-15(10)16(18)11-6-13(19-2)9-14(7-11)20-3/h4-9,16,18H,1-3H3. The van der Waals surface area contributed by atoms with Gasteiger partial charge in [0.25, 0.3) is 0 Å². The Morgan fingerprint density at radius 1 is 1.00 bits per heavy atom. The zero-order valence-electron chi connectivity index (χ0n) is 11.7. The minimum Gasteiger partial charge on any atom is -0.497 e. The van der Waals surface area contributed by atoms with E-state index in [4.69, 9.17) is 9.47 Å². The van der Waals surface area contributed by atoms with Gasteiger partial charge in [0, 0.05) is 6.07 Å². The van der Waals surface area contributed by atoms with E-state index in [9.17, 15) is 9.50 Å². The molecule has 4 heteroatoms. The smallest absolute Gasteiger partial charge is 0.123 e. The number of aliphatic hydroxyl groups is 1. The van der Waals surface area contributed by atoms with Crippen LogP contribution in [-0.2, 0) is 0 Å². The van der Waals surface area contributed by atoms with Gasteiger partial charge in [-0.3, -0.25) is 0 Å². The molecule has 0 saturated heterocycles. The van der Waals surface area contributed by atoms with Crippen LogP contribution in [0.25, 0.3) is 0 Å². The molecule has 1 N–H and O–H groups in total. The van der Waals surface area contributed by atoms with Crippen molar-refractivity contribution < 1.29 is 19.0 Å². The van der Waals surface area contributed by atoms with E-state index in [1.54, 1.807) is 38.5 Å². The summed E-state index contributed by atoms with van der Waals surface area (Å²) in [6.45, 7) is 1.83. The lowest BCUT2D eigenvalue weighted by atomic mass is 9.97. The fourth-order valence-corrected chi connectivity index (χ4v) is 2.07. The lowest BCUT2D eigenvalue weighted by Gasteiger charge is -2.16. The van der Waals surface area contributed by atoms with Gasteiger partial charge in [-0.15, -0.1) is 0 Å². The Balaban J connectivity index is 2.46. The van der Waals surface area contributed by atoms with E-state index >= 15 is 0 Å². The molecule has 0 aliphatic rings. The predicted molar refractivity (Wildman–Crippen MR) is 74.7 cm³/mol. The summed E-state index contributed by atoms with van der Waals surface area (Å²) in [7, 11) is 3.08. The molecule has 0 amide bonds. The average molecular weight is 276 g/mol. The van der Waals surface area contributed by atoms with Crippen LogP contribution in [0.2, 0.25) is 0 Å². The first kappa shape index (κ1) is 14.3. The highest BCUT2D eigenvalue weighted by Gasteiger charge is 2.16. The number of halogens is 1. The molecule has 20 heavy (non-hydrogen) atoms. The van der Waals surface area contributed by atoms with Gasteiger partial charge in [-0.05, 0) is 47.9 Å². The van der Waals surface area contributed by atoms with Crippen molar-refractivity contribution in [2.45, 2.75) is 13.0 Å². The molecule has 0 saturated carbocycles. The Bertz CT molecular complexity index is 588. The molecule has 0 aliphatic heterocycles. The molecule has 0 radical (unpaired) electrons. The van der Waals surface area contributed by atoms with E-state index in [0.717, 1.165) is 5.56 Å². The van der Waals surface area contributed by atoms with Gasteiger partial charge >= 0.3 is 0 Å². The number of benzene rings is 2. The van der Waals surface area contributed by atoms with E-state index in [2.05, 4.69) is 0 Å². The summed E-state index contributed by atoms with van der Waals surface area (Å²) in [5.74, 6) is 0.777. The summed E-state index contributed by atoms with van der Waals surface area (Å²) < 4.78 is 23.7. The van der Waals surface area contributed by atoms with Crippen LogP contribution in [-0.4, -0.2) is 19.3 Å². The SMILES string of the molecule is COc1cc(OC)cc(C(O)c2cc(F)ccc2C)c1. The number of aryl methyl sites for hydroxylation is 1. The minimum atomic E-state index is -0.935. The summed E-state index contributed by atoms with van der Waals surface area (Å²) in [5.41, 5.74) is 1.94. The largest absolute Gasteiger partial charge is 0.497 e. The maximum Gasteiger partial charge on any atom is 0.123 e. The van der Waals surface area contributed by atoms with Gasteiger partial charge in [-0.1, -0.05) is 6.07 Å². The van der Waals surface area contributed by atoms with Crippen LogP contribution >= 0.6 is 0 Å². The number of rotatable bonds is 4. The van der Waals surface area contributed by atoms with Crippen LogP contribution in [0.4, 0.5) is 4.39 Å². The minimum absolute atomic E-state index is 0.375. The highest BCUT2D eigenvalue weighted by Crippen LogP contribution is 2.31. The third-order valence-electron chi connectivity index (χ3n) is 3.23. The van der Waals surface area contributed by atoms with Gasteiger partial charge in [-0.25, -0.2) is 4.39 Å². The molecule has 0 aliphatic carbocycles. The summed E-state index contributed by atoms with van der Waals surface area (Å²) in [5, 5.41) is 10.5. The molecule has 1 unspecified atom stereocenters. The summed E-state index contributed by atoms with van der Waals surface area (Å²) in [6.07, 6.45) is -0.935. The highest BCUT2D eigenvalue weighted by atomic mass is 19.1. The molecule has 3 nitrogen and oxygen atoms in total. The summed E-state index contributed by atoms with van der Waals surface area (Å²) in [6, 6.07) is 9.48. The molecule has 106 valence electrons. The molecule has 2 rings (SSSR count). The molecule has 2 aromatic rings. The van der Waals surface area contributed by atoms with Crippen LogP contribution in [0, 0.1) is 12.7 Å². The summed E-state index contributed by atoms with van der Waals surface area (Å²) in [4.78, 5) is 0. The van der Waals surface area contributed by atoms with Crippen molar-refractivity contribution in [1.82, 2.24) is 0 Å². The highest BCUT2D eigenvalue weighted by molar-refractivity contribution is 5.43. The third-order valence-corrected chi connectivity index (χ3v) is 3.23. The number of hydrogen-bond acceptors (Lipinski definition) is 3. The number of aliphatic hydroxyl groups excluding tert-OH is 1. The van der Waals surface area contributed by atoms with Crippen LogP contribution in [0.15, 0.2) is 36.4 Å².